The minimum absolute atomic E-state index is 0. The van der Waals surface area contributed by atoms with Gasteiger partial charge in [0.25, 0.3) is 0 Å². The van der Waals surface area contributed by atoms with Crippen LogP contribution in [-0.4, -0.2) is 47.8 Å². The Balaban J connectivity index is 0.00000208. The van der Waals surface area contributed by atoms with Crippen LogP contribution in [0.25, 0.3) is 0 Å². The van der Waals surface area contributed by atoms with E-state index in [1.807, 2.05) is 42.3 Å². The molecule has 0 spiro atoms. The Labute approximate surface area is 149 Å². The maximum absolute atomic E-state index is 13.0. The van der Waals surface area contributed by atoms with Crippen molar-refractivity contribution in [3.63, 3.8) is 0 Å². The van der Waals surface area contributed by atoms with Crippen molar-refractivity contribution in [3.05, 3.63) is 35.9 Å². The number of rotatable bonds is 2. The van der Waals surface area contributed by atoms with Gasteiger partial charge in [-0.25, -0.2) is 0 Å². The van der Waals surface area contributed by atoms with E-state index < -0.39 is 0 Å². The average molecular weight is 352 g/mol. The molecule has 0 bridgehead atoms. The molecule has 2 aliphatic heterocycles. The third-order valence-electron chi connectivity index (χ3n) is 5.17. The van der Waals surface area contributed by atoms with Crippen LogP contribution in [0.1, 0.15) is 37.3 Å². The van der Waals surface area contributed by atoms with E-state index in [4.69, 9.17) is 5.73 Å². The highest BCUT2D eigenvalue weighted by Crippen LogP contribution is 2.37. The predicted octanol–water partition coefficient (Wildman–Crippen LogP) is 1.97. The van der Waals surface area contributed by atoms with Crippen molar-refractivity contribution in [2.45, 2.75) is 37.8 Å². The molecule has 3 rings (SSSR count). The van der Waals surface area contributed by atoms with Crippen LogP contribution in [0.3, 0.4) is 0 Å². The molecule has 1 aromatic carbocycles. The number of amides is 2. The first-order valence-corrected chi connectivity index (χ1v) is 8.43. The van der Waals surface area contributed by atoms with E-state index in [0.717, 1.165) is 31.5 Å². The highest BCUT2D eigenvalue weighted by Gasteiger charge is 2.40. The molecule has 0 radical (unpaired) electrons. The Morgan fingerprint density at radius 3 is 2.38 bits per heavy atom. The molecule has 2 N–H and O–H groups in total. The zero-order valence-corrected chi connectivity index (χ0v) is 14.9. The molecule has 2 aliphatic rings. The summed E-state index contributed by atoms with van der Waals surface area (Å²) in [6.07, 6.45) is 2.81. The molecule has 2 heterocycles. The molecule has 6 heteroatoms. The summed E-state index contributed by atoms with van der Waals surface area (Å²) in [6, 6.07) is 9.93. The van der Waals surface area contributed by atoms with E-state index >= 15 is 0 Å². The Morgan fingerprint density at radius 2 is 1.75 bits per heavy atom. The number of carbonyl (C=O) groups is 2. The lowest BCUT2D eigenvalue weighted by atomic mass is 9.83. The van der Waals surface area contributed by atoms with Crippen molar-refractivity contribution in [3.8, 4) is 0 Å². The van der Waals surface area contributed by atoms with Crippen LogP contribution in [0.4, 0.5) is 0 Å². The van der Waals surface area contributed by atoms with E-state index in [2.05, 4.69) is 0 Å². The number of piperidine rings is 2. The van der Waals surface area contributed by atoms with Gasteiger partial charge in [-0.15, -0.1) is 12.4 Å². The van der Waals surface area contributed by atoms with Crippen LogP contribution in [0.5, 0.6) is 0 Å². The van der Waals surface area contributed by atoms with Gasteiger partial charge in [-0.2, -0.15) is 0 Å². The zero-order valence-electron chi connectivity index (χ0n) is 14.1. The van der Waals surface area contributed by atoms with Crippen molar-refractivity contribution >= 4 is 24.2 Å². The SMILES string of the molecule is CN1C(=O)CCC(C(=O)N2CCC(N)CC2)C1c1ccccc1.Cl. The van der Waals surface area contributed by atoms with E-state index in [1.165, 1.54) is 0 Å². The minimum Gasteiger partial charge on any atom is -0.342 e. The van der Waals surface area contributed by atoms with Gasteiger partial charge in [0.05, 0.1) is 12.0 Å². The number of benzene rings is 1. The highest BCUT2D eigenvalue weighted by atomic mass is 35.5. The summed E-state index contributed by atoms with van der Waals surface area (Å²) in [4.78, 5) is 28.9. The molecule has 0 aliphatic carbocycles. The molecule has 5 nitrogen and oxygen atoms in total. The second-order valence-corrected chi connectivity index (χ2v) is 6.67. The maximum atomic E-state index is 13.0. The van der Waals surface area contributed by atoms with E-state index in [0.29, 0.717) is 12.8 Å². The molecule has 2 saturated heterocycles. The lowest BCUT2D eigenvalue weighted by Gasteiger charge is -2.41. The highest BCUT2D eigenvalue weighted by molar-refractivity contribution is 5.85. The average Bonchev–Trinajstić information content (AvgIpc) is 2.58. The van der Waals surface area contributed by atoms with E-state index in [1.54, 1.807) is 4.90 Å². The molecule has 2 fully saturated rings. The lowest BCUT2D eigenvalue weighted by Crippen LogP contribution is -2.50. The fourth-order valence-electron chi connectivity index (χ4n) is 3.76. The van der Waals surface area contributed by atoms with E-state index in [9.17, 15) is 9.59 Å². The molecule has 2 amide bonds. The Morgan fingerprint density at radius 1 is 1.12 bits per heavy atom. The maximum Gasteiger partial charge on any atom is 0.228 e. The number of hydrogen-bond donors (Lipinski definition) is 1. The van der Waals surface area contributed by atoms with Crippen LogP contribution >= 0.6 is 12.4 Å². The Kier molecular flexibility index (Phi) is 6.24. The van der Waals surface area contributed by atoms with Crippen molar-refractivity contribution in [1.82, 2.24) is 9.80 Å². The number of likely N-dealkylation sites (tertiary alicyclic amines) is 2. The summed E-state index contributed by atoms with van der Waals surface area (Å²) in [5.74, 6) is 0.128. The number of hydrogen-bond acceptors (Lipinski definition) is 3. The molecule has 1 aromatic rings. The number of nitrogens with two attached hydrogens (primary N) is 1. The van der Waals surface area contributed by atoms with Crippen molar-refractivity contribution in [2.75, 3.05) is 20.1 Å². The lowest BCUT2D eigenvalue weighted by molar-refractivity contribution is -0.147. The largest absolute Gasteiger partial charge is 0.342 e. The van der Waals surface area contributed by atoms with Crippen molar-refractivity contribution < 1.29 is 9.59 Å². The quantitative estimate of drug-likeness (QED) is 0.885. The van der Waals surface area contributed by atoms with Gasteiger partial charge in [0.15, 0.2) is 0 Å². The van der Waals surface area contributed by atoms with Crippen LogP contribution in [0.2, 0.25) is 0 Å². The number of carbonyl (C=O) groups excluding carboxylic acids is 2. The van der Waals surface area contributed by atoms with Crippen molar-refractivity contribution in [1.29, 1.82) is 0 Å². The van der Waals surface area contributed by atoms with Gasteiger partial charge in [0.1, 0.15) is 0 Å². The van der Waals surface area contributed by atoms with Gasteiger partial charge in [-0.1, -0.05) is 30.3 Å². The molecular weight excluding hydrogens is 326 g/mol. The minimum atomic E-state index is -0.166. The fourth-order valence-corrected chi connectivity index (χ4v) is 3.76. The summed E-state index contributed by atoms with van der Waals surface area (Å²) >= 11 is 0. The number of nitrogens with zero attached hydrogens (tertiary/aromatic N) is 2. The van der Waals surface area contributed by atoms with Gasteiger partial charge in [-0.3, -0.25) is 9.59 Å². The molecule has 0 saturated carbocycles. The smallest absolute Gasteiger partial charge is 0.228 e. The number of halogens is 1. The first kappa shape index (κ1) is 18.7. The summed E-state index contributed by atoms with van der Waals surface area (Å²) in [5, 5.41) is 0. The molecule has 24 heavy (non-hydrogen) atoms. The van der Waals surface area contributed by atoms with Crippen LogP contribution in [-0.2, 0) is 9.59 Å². The molecule has 2 atom stereocenters. The first-order valence-electron chi connectivity index (χ1n) is 8.43. The summed E-state index contributed by atoms with van der Waals surface area (Å²) in [6.45, 7) is 1.46. The Bertz CT molecular complexity index is 573. The summed E-state index contributed by atoms with van der Waals surface area (Å²) in [7, 11) is 1.81. The Hall–Kier alpha value is -1.59. The van der Waals surface area contributed by atoms with Crippen LogP contribution < -0.4 is 5.73 Å². The van der Waals surface area contributed by atoms with Gasteiger partial charge in [0, 0.05) is 32.6 Å². The van der Waals surface area contributed by atoms with Gasteiger partial charge in [0.2, 0.25) is 11.8 Å². The predicted molar refractivity (Wildman–Crippen MR) is 95.7 cm³/mol. The standard InChI is InChI=1S/C18H25N3O2.ClH/c1-20-16(22)8-7-15(17(20)13-5-3-2-4-6-13)18(23)21-11-9-14(19)10-12-21;/h2-6,14-15,17H,7-12,19H2,1H3;1H. The second-order valence-electron chi connectivity index (χ2n) is 6.67. The van der Waals surface area contributed by atoms with E-state index in [-0.39, 0.29) is 42.2 Å². The molecular formula is C18H26ClN3O2. The monoisotopic (exact) mass is 351 g/mol. The zero-order chi connectivity index (χ0) is 16.4. The van der Waals surface area contributed by atoms with Crippen molar-refractivity contribution in [2.24, 2.45) is 11.7 Å². The van der Waals surface area contributed by atoms with Crippen LogP contribution in [0.15, 0.2) is 30.3 Å². The topological polar surface area (TPSA) is 66.6 Å². The third kappa shape index (κ3) is 3.73. The first-order chi connectivity index (χ1) is 11.1. The summed E-state index contributed by atoms with van der Waals surface area (Å²) < 4.78 is 0. The molecule has 0 aromatic heterocycles. The van der Waals surface area contributed by atoms with Gasteiger partial charge >= 0.3 is 0 Å². The fraction of sp³-hybridized carbons (Fsp3) is 0.556. The third-order valence-corrected chi connectivity index (χ3v) is 5.17. The second kappa shape index (κ2) is 7.99. The normalized spacial score (nSPS) is 25.3. The van der Waals surface area contributed by atoms with Crippen LogP contribution in [0, 0.1) is 5.92 Å². The van der Waals surface area contributed by atoms with Gasteiger partial charge < -0.3 is 15.5 Å². The molecule has 2 unspecified atom stereocenters. The van der Waals surface area contributed by atoms with Gasteiger partial charge in [-0.05, 0) is 24.8 Å². The molecule has 132 valence electrons. The summed E-state index contributed by atoms with van der Waals surface area (Å²) in [5.41, 5.74) is 6.98.